The van der Waals surface area contributed by atoms with Crippen LogP contribution in [0.25, 0.3) is 0 Å². The van der Waals surface area contributed by atoms with Crippen LogP contribution < -0.4 is 14.8 Å². The molecule has 1 aromatic carbocycles. The molecule has 0 saturated heterocycles. The number of hydrogen-bond donors (Lipinski definition) is 1. The van der Waals surface area contributed by atoms with Gasteiger partial charge in [-0.3, -0.25) is 4.79 Å². The van der Waals surface area contributed by atoms with Gasteiger partial charge in [-0.25, -0.2) is 0 Å². The molecule has 0 aliphatic carbocycles. The molecule has 0 heterocycles. The van der Waals surface area contributed by atoms with Crippen molar-refractivity contribution >= 4 is 11.6 Å². The number of hydrogen-bond acceptors (Lipinski definition) is 3. The van der Waals surface area contributed by atoms with E-state index in [0.29, 0.717) is 24.7 Å². The van der Waals surface area contributed by atoms with Crippen LogP contribution in [-0.2, 0) is 4.79 Å². The van der Waals surface area contributed by atoms with Crippen molar-refractivity contribution in [2.24, 2.45) is 0 Å². The van der Waals surface area contributed by atoms with E-state index < -0.39 is 0 Å². The zero-order valence-corrected chi connectivity index (χ0v) is 11.1. The van der Waals surface area contributed by atoms with Crippen LogP contribution >= 0.6 is 0 Å². The fourth-order valence-corrected chi connectivity index (χ4v) is 1.60. The summed E-state index contributed by atoms with van der Waals surface area (Å²) >= 11 is 0. The lowest BCUT2D eigenvalue weighted by Gasteiger charge is -2.15. The third kappa shape index (κ3) is 3.52. The van der Waals surface area contributed by atoms with Crippen molar-refractivity contribution in [2.75, 3.05) is 18.5 Å². The summed E-state index contributed by atoms with van der Waals surface area (Å²) in [5.41, 5.74) is 1.59. The molecular weight excluding hydrogens is 230 g/mol. The number of anilines is 1. The van der Waals surface area contributed by atoms with E-state index in [2.05, 4.69) is 11.9 Å². The normalized spacial score (nSPS) is 9.72. The van der Waals surface area contributed by atoms with Gasteiger partial charge < -0.3 is 14.8 Å². The minimum Gasteiger partial charge on any atom is -0.490 e. The van der Waals surface area contributed by atoms with Crippen molar-refractivity contribution in [1.82, 2.24) is 0 Å². The third-order valence-corrected chi connectivity index (χ3v) is 2.28. The highest BCUT2D eigenvalue weighted by Crippen LogP contribution is 2.34. The number of nitrogens with one attached hydrogen (secondary N) is 1. The summed E-state index contributed by atoms with van der Waals surface area (Å²) in [5.74, 6) is 1.11. The Morgan fingerprint density at radius 1 is 1.33 bits per heavy atom. The van der Waals surface area contributed by atoms with E-state index in [1.54, 1.807) is 6.07 Å². The SMILES string of the molecule is C=CC(=O)Nc1cc(C)c(OCC)c(OCC)c1. The molecule has 0 aliphatic heterocycles. The number of carbonyl (C=O) groups is 1. The molecule has 0 fully saturated rings. The van der Waals surface area contributed by atoms with Gasteiger partial charge in [0.05, 0.1) is 13.2 Å². The summed E-state index contributed by atoms with van der Waals surface area (Å²) < 4.78 is 11.1. The van der Waals surface area contributed by atoms with Crippen molar-refractivity contribution in [3.8, 4) is 11.5 Å². The van der Waals surface area contributed by atoms with E-state index in [1.165, 1.54) is 6.08 Å². The molecule has 4 heteroatoms. The van der Waals surface area contributed by atoms with Gasteiger partial charge in [0.15, 0.2) is 11.5 Å². The molecule has 1 aromatic rings. The molecule has 18 heavy (non-hydrogen) atoms. The highest BCUT2D eigenvalue weighted by molar-refractivity contribution is 5.99. The number of aryl methyl sites for hydroxylation is 1. The van der Waals surface area contributed by atoms with Crippen molar-refractivity contribution < 1.29 is 14.3 Å². The quantitative estimate of drug-likeness (QED) is 0.788. The maximum absolute atomic E-state index is 11.3. The molecule has 0 bridgehead atoms. The molecule has 0 unspecified atom stereocenters. The lowest BCUT2D eigenvalue weighted by atomic mass is 10.1. The van der Waals surface area contributed by atoms with Gasteiger partial charge in [-0.2, -0.15) is 0 Å². The minimum atomic E-state index is -0.249. The number of amides is 1. The Labute approximate surface area is 108 Å². The first-order chi connectivity index (χ1) is 8.62. The van der Waals surface area contributed by atoms with E-state index in [0.717, 1.165) is 11.3 Å². The highest BCUT2D eigenvalue weighted by Gasteiger charge is 2.11. The van der Waals surface area contributed by atoms with Gasteiger partial charge in [-0.15, -0.1) is 0 Å². The van der Waals surface area contributed by atoms with Crippen LogP contribution in [0, 0.1) is 6.92 Å². The van der Waals surface area contributed by atoms with E-state index in [-0.39, 0.29) is 5.91 Å². The number of rotatable bonds is 6. The van der Waals surface area contributed by atoms with E-state index in [4.69, 9.17) is 9.47 Å². The molecule has 1 amide bonds. The summed E-state index contributed by atoms with van der Waals surface area (Å²) in [7, 11) is 0. The molecule has 1 N–H and O–H groups in total. The monoisotopic (exact) mass is 249 g/mol. The number of carbonyl (C=O) groups excluding carboxylic acids is 1. The van der Waals surface area contributed by atoms with Gasteiger partial charge in [0.25, 0.3) is 0 Å². The van der Waals surface area contributed by atoms with Gasteiger partial charge >= 0.3 is 0 Å². The first-order valence-corrected chi connectivity index (χ1v) is 5.96. The Morgan fingerprint density at radius 3 is 2.56 bits per heavy atom. The van der Waals surface area contributed by atoms with Crippen molar-refractivity contribution in [3.63, 3.8) is 0 Å². The van der Waals surface area contributed by atoms with Crippen LogP contribution in [0.5, 0.6) is 11.5 Å². The van der Waals surface area contributed by atoms with Gasteiger partial charge in [-0.05, 0) is 38.5 Å². The minimum absolute atomic E-state index is 0.249. The topological polar surface area (TPSA) is 47.6 Å². The fraction of sp³-hybridized carbons (Fsp3) is 0.357. The lowest BCUT2D eigenvalue weighted by molar-refractivity contribution is -0.111. The highest BCUT2D eigenvalue weighted by atomic mass is 16.5. The standard InChI is InChI=1S/C14H19NO3/c1-5-13(16)15-11-8-10(4)14(18-7-3)12(9-11)17-6-2/h5,8-9H,1,6-7H2,2-4H3,(H,15,16). The molecule has 0 aromatic heterocycles. The van der Waals surface area contributed by atoms with Gasteiger partial charge in [-0.1, -0.05) is 6.58 Å². The van der Waals surface area contributed by atoms with Crippen molar-refractivity contribution in [3.05, 3.63) is 30.4 Å². The molecule has 0 aliphatic rings. The molecule has 0 saturated carbocycles. The molecule has 4 nitrogen and oxygen atoms in total. The number of benzene rings is 1. The van der Waals surface area contributed by atoms with Gasteiger partial charge in [0, 0.05) is 11.8 Å². The first kappa shape index (κ1) is 14.1. The smallest absolute Gasteiger partial charge is 0.247 e. The molecule has 0 atom stereocenters. The van der Waals surface area contributed by atoms with Crippen LogP contribution in [0.3, 0.4) is 0 Å². The largest absolute Gasteiger partial charge is 0.490 e. The second kappa shape index (κ2) is 6.69. The van der Waals surface area contributed by atoms with E-state index in [1.807, 2.05) is 26.8 Å². The van der Waals surface area contributed by atoms with Gasteiger partial charge in [0.2, 0.25) is 5.91 Å². The fourth-order valence-electron chi connectivity index (χ4n) is 1.60. The van der Waals surface area contributed by atoms with E-state index in [9.17, 15) is 4.79 Å². The molecule has 0 spiro atoms. The van der Waals surface area contributed by atoms with Crippen LogP contribution in [-0.4, -0.2) is 19.1 Å². The zero-order valence-electron chi connectivity index (χ0n) is 11.1. The first-order valence-electron chi connectivity index (χ1n) is 5.96. The second-order valence-electron chi connectivity index (χ2n) is 3.68. The summed E-state index contributed by atoms with van der Waals surface area (Å²) in [6.45, 7) is 10.3. The average Bonchev–Trinajstić information content (AvgIpc) is 2.34. The predicted molar refractivity (Wildman–Crippen MR) is 72.3 cm³/mol. The summed E-state index contributed by atoms with van der Waals surface area (Å²) in [6, 6.07) is 3.60. The van der Waals surface area contributed by atoms with Crippen molar-refractivity contribution in [1.29, 1.82) is 0 Å². The Morgan fingerprint density at radius 2 is 2.00 bits per heavy atom. The summed E-state index contributed by atoms with van der Waals surface area (Å²) in [5, 5.41) is 2.71. The van der Waals surface area contributed by atoms with Crippen LogP contribution in [0.15, 0.2) is 24.8 Å². The van der Waals surface area contributed by atoms with Crippen LogP contribution in [0.4, 0.5) is 5.69 Å². The summed E-state index contributed by atoms with van der Waals surface area (Å²) in [4.78, 5) is 11.3. The molecular formula is C14H19NO3. The molecule has 98 valence electrons. The Bertz CT molecular complexity index is 441. The maximum atomic E-state index is 11.3. The Balaban J connectivity index is 3.09. The van der Waals surface area contributed by atoms with E-state index >= 15 is 0 Å². The maximum Gasteiger partial charge on any atom is 0.247 e. The Hall–Kier alpha value is -1.97. The van der Waals surface area contributed by atoms with Crippen LogP contribution in [0.1, 0.15) is 19.4 Å². The van der Waals surface area contributed by atoms with Gasteiger partial charge in [0.1, 0.15) is 0 Å². The summed E-state index contributed by atoms with van der Waals surface area (Å²) in [6.07, 6.45) is 1.23. The van der Waals surface area contributed by atoms with Crippen LogP contribution in [0.2, 0.25) is 0 Å². The predicted octanol–water partition coefficient (Wildman–Crippen LogP) is 2.92. The molecule has 0 radical (unpaired) electrons. The van der Waals surface area contributed by atoms with Crippen molar-refractivity contribution in [2.45, 2.75) is 20.8 Å². The lowest BCUT2D eigenvalue weighted by Crippen LogP contribution is -2.08. The Kier molecular flexibility index (Phi) is 5.24. The number of ether oxygens (including phenoxy) is 2. The third-order valence-electron chi connectivity index (χ3n) is 2.28. The zero-order chi connectivity index (χ0) is 13.5. The average molecular weight is 249 g/mol. The second-order valence-corrected chi connectivity index (χ2v) is 3.68. The molecule has 1 rings (SSSR count).